The van der Waals surface area contributed by atoms with Crippen molar-refractivity contribution in [1.29, 1.82) is 0 Å². The monoisotopic (exact) mass is 255 g/mol. The van der Waals surface area contributed by atoms with Crippen molar-refractivity contribution in [2.75, 3.05) is 27.4 Å². The molecule has 1 saturated heterocycles. The fraction of sp³-hybridized carbons (Fsp3) is 0.538. The van der Waals surface area contributed by atoms with Crippen LogP contribution in [0.4, 0.5) is 0 Å². The second kappa shape index (κ2) is 5.71. The number of nitrogens with one attached hydrogen (secondary N) is 1. The van der Waals surface area contributed by atoms with E-state index in [9.17, 15) is 0 Å². The van der Waals surface area contributed by atoms with Gasteiger partial charge in [0.15, 0.2) is 0 Å². The van der Waals surface area contributed by atoms with E-state index in [4.69, 9.17) is 21.1 Å². The minimum atomic E-state index is 0.246. The molecule has 0 aromatic heterocycles. The molecular weight excluding hydrogens is 238 g/mol. The lowest BCUT2D eigenvalue weighted by Gasteiger charge is -2.23. The van der Waals surface area contributed by atoms with Crippen molar-refractivity contribution >= 4 is 11.6 Å². The van der Waals surface area contributed by atoms with E-state index in [1.807, 2.05) is 25.2 Å². The molecule has 1 aromatic rings. The summed E-state index contributed by atoms with van der Waals surface area (Å²) in [7, 11) is 3.61. The van der Waals surface area contributed by atoms with Crippen molar-refractivity contribution in [3.05, 3.63) is 28.8 Å². The molecule has 0 bridgehead atoms. The number of hydrogen-bond acceptors (Lipinski definition) is 3. The van der Waals surface area contributed by atoms with Gasteiger partial charge < -0.3 is 14.8 Å². The van der Waals surface area contributed by atoms with Crippen LogP contribution in [-0.4, -0.2) is 27.4 Å². The molecule has 2 atom stereocenters. The van der Waals surface area contributed by atoms with Gasteiger partial charge in [-0.3, -0.25) is 0 Å². The van der Waals surface area contributed by atoms with Gasteiger partial charge in [-0.1, -0.05) is 17.7 Å². The summed E-state index contributed by atoms with van der Waals surface area (Å²) in [6, 6.07) is 6.08. The lowest BCUT2D eigenvalue weighted by molar-refractivity contribution is 0.178. The lowest BCUT2D eigenvalue weighted by atomic mass is 9.92. The molecule has 1 aromatic carbocycles. The number of rotatable bonds is 4. The minimum absolute atomic E-state index is 0.246. The van der Waals surface area contributed by atoms with Crippen LogP contribution in [-0.2, 0) is 4.74 Å². The Morgan fingerprint density at radius 1 is 1.53 bits per heavy atom. The van der Waals surface area contributed by atoms with E-state index in [2.05, 4.69) is 5.32 Å². The summed E-state index contributed by atoms with van der Waals surface area (Å²) >= 11 is 6.30. The molecule has 2 unspecified atom stereocenters. The first kappa shape index (κ1) is 12.7. The normalized spacial score (nSPS) is 21.5. The predicted octanol–water partition coefficient (Wildman–Crippen LogP) is 2.65. The minimum Gasteiger partial charge on any atom is -0.497 e. The van der Waals surface area contributed by atoms with Gasteiger partial charge in [-0.25, -0.2) is 0 Å². The lowest BCUT2D eigenvalue weighted by Crippen LogP contribution is -2.25. The fourth-order valence-corrected chi connectivity index (χ4v) is 2.64. The molecule has 1 N–H and O–H groups in total. The Labute approximate surface area is 107 Å². The van der Waals surface area contributed by atoms with Crippen LogP contribution in [0.15, 0.2) is 18.2 Å². The van der Waals surface area contributed by atoms with E-state index in [1.165, 1.54) is 0 Å². The van der Waals surface area contributed by atoms with Gasteiger partial charge in [0.25, 0.3) is 0 Å². The number of methoxy groups -OCH3 is 1. The van der Waals surface area contributed by atoms with Crippen molar-refractivity contribution in [3.8, 4) is 5.75 Å². The van der Waals surface area contributed by atoms with E-state index in [0.717, 1.165) is 36.0 Å². The molecule has 94 valence electrons. The molecule has 0 amide bonds. The maximum Gasteiger partial charge on any atom is 0.120 e. The van der Waals surface area contributed by atoms with Crippen molar-refractivity contribution < 1.29 is 9.47 Å². The summed E-state index contributed by atoms with van der Waals surface area (Å²) in [5.74, 6) is 1.28. The van der Waals surface area contributed by atoms with Crippen LogP contribution in [0.5, 0.6) is 5.75 Å². The zero-order valence-corrected chi connectivity index (χ0v) is 11.0. The molecule has 1 aliphatic rings. The SMILES string of the molecule is CNC(c1ccc(OC)cc1Cl)C1CCOC1. The molecule has 4 heteroatoms. The molecule has 0 radical (unpaired) electrons. The van der Waals surface area contributed by atoms with E-state index in [1.54, 1.807) is 7.11 Å². The highest BCUT2D eigenvalue weighted by Gasteiger charge is 2.27. The quantitative estimate of drug-likeness (QED) is 0.897. The first-order valence-electron chi connectivity index (χ1n) is 5.84. The molecule has 1 heterocycles. The van der Waals surface area contributed by atoms with E-state index >= 15 is 0 Å². The van der Waals surface area contributed by atoms with Gasteiger partial charge in [-0.05, 0) is 31.2 Å². The Hall–Kier alpha value is -0.770. The predicted molar refractivity (Wildman–Crippen MR) is 68.7 cm³/mol. The molecular formula is C13H18ClNO2. The molecule has 1 aliphatic heterocycles. The molecule has 3 nitrogen and oxygen atoms in total. The summed E-state index contributed by atoms with van der Waals surface area (Å²) in [6.07, 6.45) is 1.08. The Bertz CT molecular complexity index is 378. The number of halogens is 1. The fourth-order valence-electron chi connectivity index (χ4n) is 2.35. The van der Waals surface area contributed by atoms with Crippen LogP contribution in [0.2, 0.25) is 5.02 Å². The van der Waals surface area contributed by atoms with Crippen molar-refractivity contribution in [3.63, 3.8) is 0 Å². The molecule has 0 spiro atoms. The van der Waals surface area contributed by atoms with Crippen molar-refractivity contribution in [2.45, 2.75) is 12.5 Å². The van der Waals surface area contributed by atoms with Crippen LogP contribution < -0.4 is 10.1 Å². The van der Waals surface area contributed by atoms with E-state index in [-0.39, 0.29) is 6.04 Å². The van der Waals surface area contributed by atoms with Crippen LogP contribution >= 0.6 is 11.6 Å². The average Bonchev–Trinajstić information content (AvgIpc) is 2.85. The second-order valence-corrected chi connectivity index (χ2v) is 4.68. The summed E-state index contributed by atoms with van der Waals surface area (Å²) < 4.78 is 10.6. The maximum atomic E-state index is 6.30. The third-order valence-electron chi connectivity index (χ3n) is 3.29. The van der Waals surface area contributed by atoms with Crippen LogP contribution in [0.3, 0.4) is 0 Å². The summed E-state index contributed by atoms with van der Waals surface area (Å²) in [6.45, 7) is 1.64. The van der Waals surface area contributed by atoms with E-state index < -0.39 is 0 Å². The van der Waals surface area contributed by atoms with Gasteiger partial charge in [-0.2, -0.15) is 0 Å². The van der Waals surface area contributed by atoms with Crippen LogP contribution in [0.25, 0.3) is 0 Å². The van der Waals surface area contributed by atoms with Gasteiger partial charge in [0.1, 0.15) is 5.75 Å². The molecule has 17 heavy (non-hydrogen) atoms. The van der Waals surface area contributed by atoms with Gasteiger partial charge in [0.05, 0.1) is 13.7 Å². The average molecular weight is 256 g/mol. The Kier molecular flexibility index (Phi) is 4.26. The molecule has 1 fully saturated rings. The van der Waals surface area contributed by atoms with Gasteiger partial charge >= 0.3 is 0 Å². The Morgan fingerprint density at radius 3 is 2.88 bits per heavy atom. The number of hydrogen-bond donors (Lipinski definition) is 1. The topological polar surface area (TPSA) is 30.5 Å². The van der Waals surface area contributed by atoms with Crippen molar-refractivity contribution in [1.82, 2.24) is 5.32 Å². The maximum absolute atomic E-state index is 6.30. The summed E-state index contributed by atoms with van der Waals surface area (Å²) in [5.41, 5.74) is 1.12. The zero-order valence-electron chi connectivity index (χ0n) is 10.2. The van der Waals surface area contributed by atoms with Crippen molar-refractivity contribution in [2.24, 2.45) is 5.92 Å². The van der Waals surface area contributed by atoms with Gasteiger partial charge in [0.2, 0.25) is 0 Å². The van der Waals surface area contributed by atoms with Gasteiger partial charge in [-0.15, -0.1) is 0 Å². The number of ether oxygens (including phenoxy) is 2. The standard InChI is InChI=1S/C13H18ClNO2/c1-15-13(9-5-6-17-8-9)11-4-3-10(16-2)7-12(11)14/h3-4,7,9,13,15H,5-6,8H2,1-2H3. The molecule has 2 rings (SSSR count). The van der Waals surface area contributed by atoms with E-state index in [0.29, 0.717) is 5.92 Å². The third kappa shape index (κ3) is 2.73. The first-order chi connectivity index (χ1) is 8.26. The number of benzene rings is 1. The second-order valence-electron chi connectivity index (χ2n) is 4.28. The molecule has 0 aliphatic carbocycles. The summed E-state index contributed by atoms with van der Waals surface area (Å²) in [5, 5.41) is 4.08. The van der Waals surface area contributed by atoms with Gasteiger partial charge in [0, 0.05) is 23.6 Å². The largest absolute Gasteiger partial charge is 0.497 e. The summed E-state index contributed by atoms with van der Waals surface area (Å²) in [4.78, 5) is 0. The smallest absolute Gasteiger partial charge is 0.120 e. The zero-order chi connectivity index (χ0) is 12.3. The Balaban J connectivity index is 2.23. The first-order valence-corrected chi connectivity index (χ1v) is 6.22. The Morgan fingerprint density at radius 2 is 2.35 bits per heavy atom. The molecule has 0 saturated carbocycles. The highest BCUT2D eigenvalue weighted by Crippen LogP contribution is 2.34. The van der Waals surface area contributed by atoms with Crippen LogP contribution in [0.1, 0.15) is 18.0 Å². The van der Waals surface area contributed by atoms with Crippen LogP contribution in [0, 0.1) is 5.92 Å². The highest BCUT2D eigenvalue weighted by atomic mass is 35.5. The highest BCUT2D eigenvalue weighted by molar-refractivity contribution is 6.31. The third-order valence-corrected chi connectivity index (χ3v) is 3.62.